The predicted octanol–water partition coefficient (Wildman–Crippen LogP) is 3.06. The van der Waals surface area contributed by atoms with Crippen LogP contribution in [0, 0.1) is 0 Å². The van der Waals surface area contributed by atoms with Crippen molar-refractivity contribution in [3.8, 4) is 0 Å². The molecule has 1 saturated carbocycles. The molecule has 0 spiro atoms. The van der Waals surface area contributed by atoms with Crippen LogP contribution in [0.1, 0.15) is 36.4 Å². The molecule has 2 aliphatic rings. The topological polar surface area (TPSA) is 63.1 Å². The Bertz CT molecular complexity index is 796. The third-order valence-corrected chi connectivity index (χ3v) is 5.90. The van der Waals surface area contributed by atoms with Crippen molar-refractivity contribution in [3.63, 3.8) is 0 Å². The lowest BCUT2D eigenvalue weighted by Crippen LogP contribution is -2.30. The Morgan fingerprint density at radius 1 is 1.38 bits per heavy atom. The maximum atomic E-state index is 12.1. The maximum Gasteiger partial charge on any atom is 0.342 e. The number of amides is 1. The van der Waals surface area contributed by atoms with Gasteiger partial charge in [0.25, 0.3) is 0 Å². The first-order chi connectivity index (χ1) is 11.6. The molecule has 2 aromatic rings. The zero-order chi connectivity index (χ0) is 16.7. The number of hydrogen-bond acceptors (Lipinski definition) is 5. The van der Waals surface area contributed by atoms with E-state index in [-0.39, 0.29) is 11.4 Å². The second kappa shape index (κ2) is 5.98. The van der Waals surface area contributed by atoms with E-state index < -0.39 is 0 Å². The Hall–Kier alpha value is -2.28. The van der Waals surface area contributed by atoms with E-state index in [9.17, 15) is 4.79 Å². The summed E-state index contributed by atoms with van der Waals surface area (Å²) < 4.78 is 1.39. The van der Waals surface area contributed by atoms with E-state index in [1.165, 1.54) is 4.68 Å². The molecule has 2 aromatic heterocycles. The van der Waals surface area contributed by atoms with Crippen LogP contribution in [-0.4, -0.2) is 38.8 Å². The van der Waals surface area contributed by atoms with Gasteiger partial charge >= 0.3 is 6.03 Å². The standard InChI is InChI=1S/C17H19N5OS/c1-11-15(24-16(21(11)2)12-4-3-8-18-10-12)14-7-9-22(20-14)17(23)19-13-5-6-13/h3-4,7-10,13,16H,5-6H2,1-2H3,(H,19,23). The van der Waals surface area contributed by atoms with Gasteiger partial charge in [0.15, 0.2) is 0 Å². The molecule has 1 N–H and O–H groups in total. The van der Waals surface area contributed by atoms with Crippen LogP contribution >= 0.6 is 11.8 Å². The Balaban J connectivity index is 1.55. The largest absolute Gasteiger partial charge is 0.361 e. The number of pyridine rings is 1. The Kier molecular flexibility index (Phi) is 3.80. The number of thioether (sulfide) groups is 1. The molecular weight excluding hydrogens is 322 g/mol. The Morgan fingerprint density at radius 2 is 2.21 bits per heavy atom. The second-order valence-electron chi connectivity index (χ2n) is 6.15. The average Bonchev–Trinajstić information content (AvgIpc) is 3.18. The normalized spacial score (nSPS) is 20.6. The molecule has 0 aromatic carbocycles. The van der Waals surface area contributed by atoms with E-state index >= 15 is 0 Å². The fourth-order valence-electron chi connectivity index (χ4n) is 2.70. The van der Waals surface area contributed by atoms with Crippen molar-refractivity contribution in [1.82, 2.24) is 25.0 Å². The minimum Gasteiger partial charge on any atom is -0.361 e. The average molecular weight is 341 g/mol. The molecular formula is C17H19N5OS. The number of allylic oxidation sites excluding steroid dienone is 1. The van der Waals surface area contributed by atoms with Gasteiger partial charge in [-0.1, -0.05) is 17.8 Å². The van der Waals surface area contributed by atoms with Crippen molar-refractivity contribution in [2.45, 2.75) is 31.2 Å². The zero-order valence-electron chi connectivity index (χ0n) is 13.6. The van der Waals surface area contributed by atoms with Gasteiger partial charge < -0.3 is 10.2 Å². The predicted molar refractivity (Wildman–Crippen MR) is 94.1 cm³/mol. The van der Waals surface area contributed by atoms with E-state index in [0.29, 0.717) is 6.04 Å². The van der Waals surface area contributed by atoms with Gasteiger partial charge in [-0.15, -0.1) is 0 Å². The van der Waals surface area contributed by atoms with Crippen molar-refractivity contribution >= 4 is 22.7 Å². The summed E-state index contributed by atoms with van der Waals surface area (Å²) >= 11 is 1.74. The number of nitrogens with zero attached hydrogens (tertiary/aromatic N) is 4. The van der Waals surface area contributed by atoms with Crippen molar-refractivity contribution in [1.29, 1.82) is 0 Å². The summed E-state index contributed by atoms with van der Waals surface area (Å²) in [4.78, 5) is 19.6. The fourth-order valence-corrected chi connectivity index (χ4v) is 4.06. The van der Waals surface area contributed by atoms with Crippen LogP contribution in [0.4, 0.5) is 4.79 Å². The molecule has 0 bridgehead atoms. The van der Waals surface area contributed by atoms with Crippen molar-refractivity contribution in [3.05, 3.63) is 53.7 Å². The summed E-state index contributed by atoms with van der Waals surface area (Å²) in [5.74, 6) is 0. The first-order valence-corrected chi connectivity index (χ1v) is 8.88. The van der Waals surface area contributed by atoms with Gasteiger partial charge in [-0.3, -0.25) is 4.98 Å². The third-order valence-electron chi connectivity index (χ3n) is 4.34. The molecule has 24 heavy (non-hydrogen) atoms. The van der Waals surface area contributed by atoms with Crippen molar-refractivity contribution in [2.75, 3.05) is 7.05 Å². The van der Waals surface area contributed by atoms with Gasteiger partial charge in [-0.05, 0) is 31.9 Å². The van der Waals surface area contributed by atoms with Gasteiger partial charge in [0.05, 0.1) is 4.91 Å². The minimum atomic E-state index is -0.151. The van der Waals surface area contributed by atoms with Crippen molar-refractivity contribution < 1.29 is 4.79 Å². The minimum absolute atomic E-state index is 0.151. The van der Waals surface area contributed by atoms with Crippen LogP contribution in [-0.2, 0) is 0 Å². The summed E-state index contributed by atoms with van der Waals surface area (Å²) in [6, 6.07) is 6.11. The lowest BCUT2D eigenvalue weighted by atomic mass is 10.2. The van der Waals surface area contributed by atoms with E-state index in [1.807, 2.05) is 18.3 Å². The van der Waals surface area contributed by atoms with Crippen LogP contribution in [0.15, 0.2) is 42.5 Å². The molecule has 1 unspecified atom stereocenters. The molecule has 1 fully saturated rings. The summed E-state index contributed by atoms with van der Waals surface area (Å²) in [6.07, 6.45) is 7.54. The number of nitrogens with one attached hydrogen (secondary N) is 1. The summed E-state index contributed by atoms with van der Waals surface area (Å²) in [5, 5.41) is 7.60. The number of hydrogen-bond donors (Lipinski definition) is 1. The van der Waals surface area contributed by atoms with Crippen LogP contribution in [0.5, 0.6) is 0 Å². The molecule has 1 aliphatic carbocycles. The second-order valence-corrected chi connectivity index (χ2v) is 7.24. The first-order valence-electron chi connectivity index (χ1n) is 8.00. The lowest BCUT2D eigenvalue weighted by molar-refractivity contribution is 0.239. The highest BCUT2D eigenvalue weighted by Crippen LogP contribution is 2.50. The van der Waals surface area contributed by atoms with E-state index in [4.69, 9.17) is 0 Å². The lowest BCUT2D eigenvalue weighted by Gasteiger charge is -2.22. The Labute approximate surface area is 144 Å². The van der Waals surface area contributed by atoms with Crippen molar-refractivity contribution in [2.24, 2.45) is 0 Å². The highest BCUT2D eigenvalue weighted by atomic mass is 32.2. The molecule has 7 heteroatoms. The van der Waals surface area contributed by atoms with Gasteiger partial charge in [0.1, 0.15) is 11.1 Å². The molecule has 0 saturated heterocycles. The molecule has 1 aliphatic heterocycles. The molecule has 0 radical (unpaired) electrons. The Morgan fingerprint density at radius 3 is 2.92 bits per heavy atom. The van der Waals surface area contributed by atoms with E-state index in [0.717, 1.165) is 34.7 Å². The third kappa shape index (κ3) is 2.80. The van der Waals surface area contributed by atoms with E-state index in [2.05, 4.69) is 40.3 Å². The van der Waals surface area contributed by atoms with Crippen LogP contribution in [0.2, 0.25) is 0 Å². The molecule has 1 amide bonds. The van der Waals surface area contributed by atoms with E-state index in [1.54, 1.807) is 24.2 Å². The highest BCUT2D eigenvalue weighted by molar-refractivity contribution is 8.08. The molecule has 1 atom stereocenters. The summed E-state index contributed by atoms with van der Waals surface area (Å²) in [6.45, 7) is 2.09. The fraction of sp³-hybridized carbons (Fsp3) is 0.353. The number of rotatable bonds is 3. The number of carbonyl (C=O) groups is 1. The van der Waals surface area contributed by atoms with Crippen LogP contribution in [0.3, 0.4) is 0 Å². The zero-order valence-corrected chi connectivity index (χ0v) is 14.5. The SMILES string of the molecule is CC1=C(c2ccn(C(=O)NC3CC3)n2)SC(c2cccnc2)N1C. The monoisotopic (exact) mass is 341 g/mol. The summed E-state index contributed by atoms with van der Waals surface area (Å²) in [7, 11) is 2.07. The highest BCUT2D eigenvalue weighted by Gasteiger charge is 2.31. The van der Waals surface area contributed by atoms with Crippen LogP contribution < -0.4 is 5.32 Å². The molecule has 3 heterocycles. The molecule has 6 nitrogen and oxygen atoms in total. The van der Waals surface area contributed by atoms with Crippen LogP contribution in [0.25, 0.3) is 4.91 Å². The smallest absolute Gasteiger partial charge is 0.342 e. The number of aromatic nitrogens is 3. The first kappa shape index (κ1) is 15.3. The van der Waals surface area contributed by atoms with Gasteiger partial charge in [-0.2, -0.15) is 9.78 Å². The summed E-state index contributed by atoms with van der Waals surface area (Å²) in [5.41, 5.74) is 3.15. The quantitative estimate of drug-likeness (QED) is 0.929. The number of carbonyl (C=O) groups excluding carboxylic acids is 1. The molecule has 124 valence electrons. The van der Waals surface area contributed by atoms with Gasteiger partial charge in [0.2, 0.25) is 0 Å². The maximum absolute atomic E-state index is 12.1. The van der Waals surface area contributed by atoms with Gasteiger partial charge in [0, 0.05) is 42.9 Å². The van der Waals surface area contributed by atoms with Gasteiger partial charge in [-0.25, -0.2) is 4.79 Å². The molecule has 4 rings (SSSR count).